The van der Waals surface area contributed by atoms with Gasteiger partial charge in [0, 0.05) is 10.5 Å². The molecule has 3 rings (SSSR count). The van der Waals surface area contributed by atoms with Crippen LogP contribution < -0.4 is 0 Å². The molecule has 1 aliphatic carbocycles. The second-order valence-corrected chi connectivity index (χ2v) is 8.02. The molecule has 0 spiro atoms. The molecule has 1 saturated carbocycles. The Bertz CT molecular complexity index is 736. The Morgan fingerprint density at radius 2 is 2.10 bits per heavy atom. The maximum atomic E-state index is 12.9. The molecule has 1 fully saturated rings. The zero-order valence-electron chi connectivity index (χ0n) is 11.6. The molecule has 6 heteroatoms. The van der Waals surface area contributed by atoms with Gasteiger partial charge in [0.1, 0.15) is 5.76 Å². The molecule has 1 aliphatic rings. The SMILES string of the molecule is Cc1cc(S(=O)(=O)N(Cc2ccco2)C2CC2)ccc1Br. The van der Waals surface area contributed by atoms with Crippen LogP contribution in [-0.4, -0.2) is 18.8 Å². The molecule has 1 aromatic carbocycles. The summed E-state index contributed by atoms with van der Waals surface area (Å²) in [5.74, 6) is 0.666. The fourth-order valence-electron chi connectivity index (χ4n) is 2.24. The molecular weight excluding hydrogens is 354 g/mol. The smallest absolute Gasteiger partial charge is 0.243 e. The molecule has 0 N–H and O–H groups in total. The number of hydrogen-bond acceptors (Lipinski definition) is 3. The van der Waals surface area contributed by atoms with Crippen LogP contribution in [0.2, 0.25) is 0 Å². The van der Waals surface area contributed by atoms with Crippen molar-refractivity contribution in [3.05, 3.63) is 52.4 Å². The Balaban J connectivity index is 1.95. The van der Waals surface area contributed by atoms with Crippen molar-refractivity contribution < 1.29 is 12.8 Å². The zero-order valence-corrected chi connectivity index (χ0v) is 14.0. The normalized spacial score (nSPS) is 15.6. The first-order chi connectivity index (χ1) is 9.98. The van der Waals surface area contributed by atoms with E-state index in [2.05, 4.69) is 15.9 Å². The summed E-state index contributed by atoms with van der Waals surface area (Å²) in [6.07, 6.45) is 3.39. The second kappa shape index (κ2) is 5.59. The van der Waals surface area contributed by atoms with E-state index >= 15 is 0 Å². The molecule has 0 radical (unpaired) electrons. The lowest BCUT2D eigenvalue weighted by Gasteiger charge is -2.21. The van der Waals surface area contributed by atoms with Crippen LogP contribution in [0.4, 0.5) is 0 Å². The monoisotopic (exact) mass is 369 g/mol. The number of rotatable bonds is 5. The van der Waals surface area contributed by atoms with Gasteiger partial charge in [0.05, 0.1) is 17.7 Å². The van der Waals surface area contributed by atoms with Crippen molar-refractivity contribution >= 4 is 26.0 Å². The Morgan fingerprint density at radius 1 is 1.33 bits per heavy atom. The average molecular weight is 370 g/mol. The molecule has 0 saturated heterocycles. The highest BCUT2D eigenvalue weighted by molar-refractivity contribution is 9.10. The van der Waals surface area contributed by atoms with Gasteiger partial charge < -0.3 is 4.42 Å². The summed E-state index contributed by atoms with van der Waals surface area (Å²) in [5.41, 5.74) is 0.907. The summed E-state index contributed by atoms with van der Waals surface area (Å²) in [7, 11) is -3.50. The van der Waals surface area contributed by atoms with Crippen molar-refractivity contribution in [1.82, 2.24) is 4.31 Å². The fourth-order valence-corrected chi connectivity index (χ4v) is 4.23. The zero-order chi connectivity index (χ0) is 15.0. The fraction of sp³-hybridized carbons (Fsp3) is 0.333. The van der Waals surface area contributed by atoms with Gasteiger partial charge in [0.2, 0.25) is 10.0 Å². The quantitative estimate of drug-likeness (QED) is 0.806. The number of halogens is 1. The summed E-state index contributed by atoms with van der Waals surface area (Å²) >= 11 is 3.40. The number of hydrogen-bond donors (Lipinski definition) is 0. The first-order valence-electron chi connectivity index (χ1n) is 6.79. The minimum absolute atomic E-state index is 0.0871. The third-order valence-corrected chi connectivity index (χ3v) is 6.37. The minimum Gasteiger partial charge on any atom is -0.468 e. The van der Waals surface area contributed by atoms with Crippen LogP contribution in [0.25, 0.3) is 0 Å². The number of aryl methyl sites for hydroxylation is 1. The molecule has 0 atom stereocenters. The molecule has 1 heterocycles. The standard InChI is InChI=1S/C15H16BrNO3S/c1-11-9-14(6-7-15(11)16)21(18,19)17(12-4-5-12)10-13-3-2-8-20-13/h2-3,6-9,12H,4-5,10H2,1H3. The van der Waals surface area contributed by atoms with Crippen LogP contribution >= 0.6 is 15.9 Å². The molecule has 112 valence electrons. The van der Waals surface area contributed by atoms with Gasteiger partial charge in [-0.15, -0.1) is 0 Å². The largest absolute Gasteiger partial charge is 0.468 e. The molecule has 4 nitrogen and oxygen atoms in total. The van der Waals surface area contributed by atoms with Crippen molar-refractivity contribution in [2.24, 2.45) is 0 Å². The lowest BCUT2D eigenvalue weighted by molar-refractivity contribution is 0.356. The van der Waals surface area contributed by atoms with Gasteiger partial charge in [0.15, 0.2) is 0 Å². The summed E-state index contributed by atoms with van der Waals surface area (Å²) in [6, 6.07) is 8.79. The molecule has 0 amide bonds. The van der Waals surface area contributed by atoms with Crippen LogP contribution in [0.15, 0.2) is 50.4 Å². The number of nitrogens with zero attached hydrogens (tertiary/aromatic N) is 1. The number of furan rings is 1. The molecule has 21 heavy (non-hydrogen) atoms. The van der Waals surface area contributed by atoms with Gasteiger partial charge in [-0.05, 0) is 55.7 Å². The van der Waals surface area contributed by atoms with Crippen molar-refractivity contribution in [2.45, 2.75) is 37.2 Å². The van der Waals surface area contributed by atoms with Crippen molar-refractivity contribution in [2.75, 3.05) is 0 Å². The van der Waals surface area contributed by atoms with Gasteiger partial charge in [-0.1, -0.05) is 15.9 Å². The van der Waals surface area contributed by atoms with E-state index < -0.39 is 10.0 Å². The predicted octanol–water partition coefficient (Wildman–Crippen LogP) is 3.70. The van der Waals surface area contributed by atoms with E-state index in [9.17, 15) is 8.42 Å². The minimum atomic E-state index is -3.50. The maximum Gasteiger partial charge on any atom is 0.243 e. The highest BCUT2D eigenvalue weighted by Crippen LogP contribution is 2.34. The predicted molar refractivity (Wildman–Crippen MR) is 83.3 cm³/mol. The molecule has 1 aromatic heterocycles. The van der Waals surface area contributed by atoms with Crippen LogP contribution in [0.1, 0.15) is 24.2 Å². The summed E-state index contributed by atoms with van der Waals surface area (Å²) < 4.78 is 33.5. The maximum absolute atomic E-state index is 12.9. The third kappa shape index (κ3) is 3.07. The molecule has 0 aliphatic heterocycles. The molecule has 0 bridgehead atoms. The van der Waals surface area contributed by atoms with Gasteiger partial charge in [-0.25, -0.2) is 8.42 Å². The van der Waals surface area contributed by atoms with Crippen molar-refractivity contribution in [3.8, 4) is 0 Å². The van der Waals surface area contributed by atoms with Crippen LogP contribution in [-0.2, 0) is 16.6 Å². The van der Waals surface area contributed by atoms with E-state index in [1.165, 1.54) is 0 Å². The Labute approximate surface area is 132 Å². The van der Waals surface area contributed by atoms with Gasteiger partial charge in [-0.3, -0.25) is 0 Å². The molecule has 0 unspecified atom stereocenters. The topological polar surface area (TPSA) is 50.5 Å². The van der Waals surface area contributed by atoms with Gasteiger partial charge >= 0.3 is 0 Å². The van der Waals surface area contributed by atoms with E-state index in [1.54, 1.807) is 40.9 Å². The number of benzene rings is 1. The van der Waals surface area contributed by atoms with Crippen molar-refractivity contribution in [1.29, 1.82) is 0 Å². The Kier molecular flexibility index (Phi) is 3.94. The van der Waals surface area contributed by atoms with Crippen molar-refractivity contribution in [3.63, 3.8) is 0 Å². The lowest BCUT2D eigenvalue weighted by Crippen LogP contribution is -2.32. The Hall–Kier alpha value is -1.11. The second-order valence-electron chi connectivity index (χ2n) is 5.27. The lowest BCUT2D eigenvalue weighted by atomic mass is 10.2. The summed E-state index contributed by atoms with van der Waals surface area (Å²) in [6.45, 7) is 2.17. The molecular formula is C15H16BrNO3S. The first kappa shape index (κ1) is 14.8. The van der Waals surface area contributed by atoms with E-state index in [1.807, 2.05) is 6.92 Å². The molecule has 2 aromatic rings. The van der Waals surface area contributed by atoms with Crippen LogP contribution in [0, 0.1) is 6.92 Å². The Morgan fingerprint density at radius 3 is 2.67 bits per heavy atom. The van der Waals surface area contributed by atoms with Crippen LogP contribution in [0.3, 0.4) is 0 Å². The van der Waals surface area contributed by atoms with Gasteiger partial charge in [-0.2, -0.15) is 4.31 Å². The summed E-state index contributed by atoms with van der Waals surface area (Å²) in [5, 5.41) is 0. The number of sulfonamides is 1. The van der Waals surface area contributed by atoms with Gasteiger partial charge in [0.25, 0.3) is 0 Å². The highest BCUT2D eigenvalue weighted by atomic mass is 79.9. The summed E-state index contributed by atoms with van der Waals surface area (Å²) in [4.78, 5) is 0.335. The third-order valence-electron chi connectivity index (χ3n) is 3.58. The van der Waals surface area contributed by atoms with E-state index in [-0.39, 0.29) is 12.6 Å². The average Bonchev–Trinajstić information content (AvgIpc) is 3.15. The first-order valence-corrected chi connectivity index (χ1v) is 9.02. The van der Waals surface area contributed by atoms with E-state index in [0.717, 1.165) is 22.9 Å². The highest BCUT2D eigenvalue weighted by Gasteiger charge is 2.38. The van der Waals surface area contributed by atoms with E-state index in [0.29, 0.717) is 10.7 Å². The van der Waals surface area contributed by atoms with E-state index in [4.69, 9.17) is 4.42 Å². The van der Waals surface area contributed by atoms with Crippen LogP contribution in [0.5, 0.6) is 0 Å².